The van der Waals surface area contributed by atoms with Crippen LogP contribution in [0.1, 0.15) is 28.4 Å². The van der Waals surface area contributed by atoms with Gasteiger partial charge in [-0.15, -0.1) is 0 Å². The fraction of sp³-hybridized carbons (Fsp3) is 0.263. The zero-order chi connectivity index (χ0) is 20.0. The molecule has 0 atom stereocenters. The zero-order valence-corrected chi connectivity index (χ0v) is 16.2. The van der Waals surface area contributed by atoms with Crippen LogP contribution in [0.15, 0.2) is 47.4 Å². The number of ether oxygens (including phenoxy) is 1. The molecule has 0 unspecified atom stereocenters. The molecule has 0 aliphatic rings. The van der Waals surface area contributed by atoms with Crippen molar-refractivity contribution >= 4 is 27.6 Å². The lowest BCUT2D eigenvalue weighted by Gasteiger charge is -2.11. The Hall–Kier alpha value is -2.71. The summed E-state index contributed by atoms with van der Waals surface area (Å²) in [5.41, 5.74) is 2.33. The Morgan fingerprint density at radius 3 is 2.33 bits per heavy atom. The van der Waals surface area contributed by atoms with Crippen LogP contribution in [-0.4, -0.2) is 33.9 Å². The number of aryl methyl sites for hydroxylation is 1. The number of rotatable bonds is 7. The zero-order valence-electron chi connectivity index (χ0n) is 15.4. The minimum atomic E-state index is -3.72. The van der Waals surface area contributed by atoms with Gasteiger partial charge >= 0.3 is 5.97 Å². The van der Waals surface area contributed by atoms with Crippen LogP contribution in [0.5, 0.6) is 0 Å². The molecular weight excluding hydrogens is 368 g/mol. The smallest absolute Gasteiger partial charge is 0.337 e. The first kappa shape index (κ1) is 20.6. The van der Waals surface area contributed by atoms with Crippen LogP contribution >= 0.6 is 0 Å². The Morgan fingerprint density at radius 2 is 1.74 bits per heavy atom. The van der Waals surface area contributed by atoms with E-state index in [0.29, 0.717) is 23.2 Å². The Balaban J connectivity index is 2.04. The molecule has 0 spiro atoms. The van der Waals surface area contributed by atoms with Crippen molar-refractivity contribution in [2.75, 3.05) is 19.0 Å². The molecule has 1 amide bonds. The van der Waals surface area contributed by atoms with E-state index in [0.717, 1.165) is 5.56 Å². The molecule has 8 heteroatoms. The number of hydrogen-bond donors (Lipinski definition) is 2. The third kappa shape index (κ3) is 5.63. The van der Waals surface area contributed by atoms with Crippen molar-refractivity contribution in [1.29, 1.82) is 0 Å². The summed E-state index contributed by atoms with van der Waals surface area (Å²) in [4.78, 5) is 22.7. The van der Waals surface area contributed by atoms with E-state index in [1.807, 2.05) is 0 Å². The van der Waals surface area contributed by atoms with Crippen molar-refractivity contribution in [1.82, 2.24) is 4.72 Å². The van der Waals surface area contributed by atoms with Crippen LogP contribution in [0.3, 0.4) is 0 Å². The molecule has 2 rings (SSSR count). The number of methoxy groups -OCH3 is 1. The van der Waals surface area contributed by atoms with Crippen molar-refractivity contribution in [2.24, 2.45) is 0 Å². The van der Waals surface area contributed by atoms with Gasteiger partial charge in [0.2, 0.25) is 15.9 Å². The number of anilines is 1. The molecule has 27 heavy (non-hydrogen) atoms. The van der Waals surface area contributed by atoms with Gasteiger partial charge in [0.25, 0.3) is 0 Å². The lowest BCUT2D eigenvalue weighted by molar-refractivity contribution is -0.114. The van der Waals surface area contributed by atoms with Crippen LogP contribution in [0, 0.1) is 6.92 Å². The highest BCUT2D eigenvalue weighted by atomic mass is 32.2. The number of carbonyl (C=O) groups excluding carboxylic acids is 2. The molecule has 2 N–H and O–H groups in total. The fourth-order valence-electron chi connectivity index (χ4n) is 2.50. The minimum absolute atomic E-state index is 0.120. The van der Waals surface area contributed by atoms with Gasteiger partial charge in [-0.1, -0.05) is 18.2 Å². The third-order valence-corrected chi connectivity index (χ3v) is 5.48. The summed E-state index contributed by atoms with van der Waals surface area (Å²) < 4.78 is 32.4. The molecule has 0 fully saturated rings. The molecular formula is C19H22N2O5S. The van der Waals surface area contributed by atoms with Gasteiger partial charge < -0.3 is 10.1 Å². The lowest BCUT2D eigenvalue weighted by Crippen LogP contribution is -2.26. The molecule has 0 saturated carbocycles. The second kappa shape index (κ2) is 8.79. The summed E-state index contributed by atoms with van der Waals surface area (Å²) in [6.07, 6.45) is 0.463. The summed E-state index contributed by atoms with van der Waals surface area (Å²) in [5.74, 6) is -0.692. The average molecular weight is 390 g/mol. The van der Waals surface area contributed by atoms with E-state index in [2.05, 4.69) is 14.8 Å². The van der Waals surface area contributed by atoms with E-state index in [1.54, 1.807) is 43.3 Å². The maximum Gasteiger partial charge on any atom is 0.337 e. The van der Waals surface area contributed by atoms with Gasteiger partial charge in [-0.05, 0) is 48.7 Å². The van der Waals surface area contributed by atoms with Crippen LogP contribution in [-0.2, 0) is 26.0 Å². The second-order valence-corrected chi connectivity index (χ2v) is 7.73. The van der Waals surface area contributed by atoms with Crippen LogP contribution < -0.4 is 10.0 Å². The van der Waals surface area contributed by atoms with E-state index in [-0.39, 0.29) is 17.3 Å². The number of nitrogens with one attached hydrogen (secondary N) is 2. The summed E-state index contributed by atoms with van der Waals surface area (Å²) in [5, 5.41) is 2.58. The van der Waals surface area contributed by atoms with Crippen LogP contribution in [0.25, 0.3) is 0 Å². The predicted molar refractivity (Wildman–Crippen MR) is 102 cm³/mol. The van der Waals surface area contributed by atoms with Crippen molar-refractivity contribution in [3.05, 3.63) is 59.2 Å². The third-order valence-electron chi connectivity index (χ3n) is 3.88. The molecule has 0 aliphatic heterocycles. The molecule has 2 aromatic rings. The highest BCUT2D eigenvalue weighted by Crippen LogP contribution is 2.20. The molecule has 0 bridgehead atoms. The largest absolute Gasteiger partial charge is 0.465 e. The summed E-state index contributed by atoms with van der Waals surface area (Å²) in [7, 11) is -2.41. The van der Waals surface area contributed by atoms with Gasteiger partial charge in [-0.2, -0.15) is 0 Å². The molecule has 7 nitrogen and oxygen atoms in total. The maximum absolute atomic E-state index is 12.6. The second-order valence-electron chi connectivity index (χ2n) is 6.00. The van der Waals surface area contributed by atoms with E-state index in [9.17, 15) is 18.0 Å². The number of amides is 1. The number of sulfonamides is 1. The van der Waals surface area contributed by atoms with Gasteiger partial charge in [-0.3, -0.25) is 4.79 Å². The number of hydrogen-bond acceptors (Lipinski definition) is 5. The van der Waals surface area contributed by atoms with E-state index in [1.165, 1.54) is 20.1 Å². The van der Waals surface area contributed by atoms with E-state index >= 15 is 0 Å². The predicted octanol–water partition coefficient (Wildman–Crippen LogP) is 2.26. The first-order valence-corrected chi connectivity index (χ1v) is 9.76. The van der Waals surface area contributed by atoms with Gasteiger partial charge in [-0.25, -0.2) is 17.9 Å². The van der Waals surface area contributed by atoms with Gasteiger partial charge in [0.1, 0.15) is 0 Å². The monoisotopic (exact) mass is 390 g/mol. The molecule has 0 saturated heterocycles. The first-order chi connectivity index (χ1) is 12.7. The topological polar surface area (TPSA) is 102 Å². The molecule has 0 aliphatic carbocycles. The SMILES string of the molecule is COC(=O)c1ccc(CCNS(=O)(=O)c2cc(NC(C)=O)ccc2C)cc1. The van der Waals surface area contributed by atoms with Gasteiger partial charge in [0.05, 0.1) is 17.6 Å². The van der Waals surface area contributed by atoms with Crippen molar-refractivity contribution in [3.63, 3.8) is 0 Å². The van der Waals surface area contributed by atoms with E-state index in [4.69, 9.17) is 0 Å². The Labute approximate surface area is 158 Å². The van der Waals surface area contributed by atoms with Crippen molar-refractivity contribution in [2.45, 2.75) is 25.2 Å². The fourth-order valence-corrected chi connectivity index (χ4v) is 3.80. The molecule has 2 aromatic carbocycles. The number of esters is 1. The van der Waals surface area contributed by atoms with Crippen LogP contribution in [0.4, 0.5) is 5.69 Å². The van der Waals surface area contributed by atoms with Crippen molar-refractivity contribution in [3.8, 4) is 0 Å². The maximum atomic E-state index is 12.6. The highest BCUT2D eigenvalue weighted by Gasteiger charge is 2.17. The Bertz CT molecular complexity index is 937. The normalized spacial score (nSPS) is 11.1. The lowest BCUT2D eigenvalue weighted by atomic mass is 10.1. The molecule has 0 radical (unpaired) electrons. The standard InChI is InChI=1S/C19H22N2O5S/c1-13-4-9-17(21-14(2)22)12-18(13)27(24,25)20-11-10-15-5-7-16(8-6-15)19(23)26-3/h4-9,12,20H,10-11H2,1-3H3,(H,21,22). The van der Waals surface area contributed by atoms with Gasteiger partial charge in [0.15, 0.2) is 0 Å². The van der Waals surface area contributed by atoms with Crippen LogP contribution in [0.2, 0.25) is 0 Å². The average Bonchev–Trinajstić information content (AvgIpc) is 2.62. The molecule has 0 heterocycles. The Kier molecular flexibility index (Phi) is 6.70. The summed E-state index contributed by atoms with van der Waals surface area (Å²) in [6.45, 7) is 3.25. The van der Waals surface area contributed by atoms with Gasteiger partial charge in [0, 0.05) is 19.2 Å². The number of carbonyl (C=O) groups is 2. The quantitative estimate of drug-likeness (QED) is 0.706. The Morgan fingerprint density at radius 1 is 1.07 bits per heavy atom. The minimum Gasteiger partial charge on any atom is -0.465 e. The summed E-state index contributed by atoms with van der Waals surface area (Å²) in [6, 6.07) is 11.5. The first-order valence-electron chi connectivity index (χ1n) is 8.28. The summed E-state index contributed by atoms with van der Waals surface area (Å²) >= 11 is 0. The van der Waals surface area contributed by atoms with E-state index < -0.39 is 16.0 Å². The highest BCUT2D eigenvalue weighted by molar-refractivity contribution is 7.89. The molecule has 144 valence electrons. The number of benzene rings is 2. The molecule has 0 aromatic heterocycles. The van der Waals surface area contributed by atoms with Crippen molar-refractivity contribution < 1.29 is 22.7 Å².